The summed E-state index contributed by atoms with van der Waals surface area (Å²) in [7, 11) is 0. The van der Waals surface area contributed by atoms with Gasteiger partial charge in [0.2, 0.25) is 0 Å². The molecule has 2 aliphatic heterocycles. The van der Waals surface area contributed by atoms with E-state index in [2.05, 4.69) is 29.8 Å². The number of allylic oxidation sites excluding steroid dienone is 2. The van der Waals surface area contributed by atoms with Gasteiger partial charge in [-0.3, -0.25) is 5.01 Å². The van der Waals surface area contributed by atoms with Crippen molar-refractivity contribution in [2.45, 2.75) is 19.8 Å². The van der Waals surface area contributed by atoms with E-state index in [-0.39, 0.29) is 0 Å². The van der Waals surface area contributed by atoms with Crippen LogP contribution in [0.25, 0.3) is 0 Å². The number of nitrogens with zero attached hydrogens (tertiary/aromatic N) is 3. The van der Waals surface area contributed by atoms with E-state index >= 15 is 0 Å². The molecule has 0 atom stereocenters. The Hall–Kier alpha value is -1.63. The van der Waals surface area contributed by atoms with E-state index in [1.54, 1.807) is 16.3 Å². The van der Waals surface area contributed by atoms with Gasteiger partial charge in [0, 0.05) is 37.3 Å². The number of piperazine rings is 1. The number of nitrogens with one attached hydrogen (secondary N) is 1. The van der Waals surface area contributed by atoms with Crippen molar-refractivity contribution in [1.29, 1.82) is 0 Å². The maximum absolute atomic E-state index is 6.25. The average Bonchev–Trinajstić information content (AvgIpc) is 2.87. The van der Waals surface area contributed by atoms with Crippen LogP contribution in [-0.4, -0.2) is 36.9 Å². The van der Waals surface area contributed by atoms with Crippen LogP contribution in [0, 0.1) is 6.92 Å². The molecule has 0 bridgehead atoms. The number of fused-ring (bicyclic) bond motifs is 1. The number of hydrogen-bond donors (Lipinski definition) is 2. The summed E-state index contributed by atoms with van der Waals surface area (Å²) < 4.78 is 0. The van der Waals surface area contributed by atoms with Gasteiger partial charge >= 0.3 is 0 Å². The third-order valence-corrected chi connectivity index (χ3v) is 4.93. The van der Waals surface area contributed by atoms with E-state index in [1.807, 2.05) is 12.3 Å². The van der Waals surface area contributed by atoms with Crippen LogP contribution >= 0.6 is 11.3 Å². The monoisotopic (exact) mass is 317 g/mol. The number of anilines is 1. The van der Waals surface area contributed by atoms with E-state index in [9.17, 15) is 0 Å². The van der Waals surface area contributed by atoms with Gasteiger partial charge in [-0.25, -0.2) is 10.8 Å². The van der Waals surface area contributed by atoms with Gasteiger partial charge in [-0.1, -0.05) is 6.08 Å². The first-order chi connectivity index (χ1) is 10.7. The predicted molar refractivity (Wildman–Crippen MR) is 94.2 cm³/mol. The number of aliphatic imine (C=N–C) groups is 1. The van der Waals surface area contributed by atoms with Crippen molar-refractivity contribution in [3.8, 4) is 0 Å². The molecule has 22 heavy (non-hydrogen) atoms. The van der Waals surface area contributed by atoms with E-state index < -0.39 is 0 Å². The van der Waals surface area contributed by atoms with E-state index in [4.69, 9.17) is 10.8 Å². The minimum absolute atomic E-state index is 0.862. The first-order valence-corrected chi connectivity index (χ1v) is 8.51. The highest BCUT2D eigenvalue weighted by molar-refractivity contribution is 7.16. The SMILES string of the molecule is C=CCCC1=CN(N)c2sc(C)cc2C(N2CCNCC2)=N1. The topological polar surface area (TPSA) is 56.9 Å². The van der Waals surface area contributed by atoms with Gasteiger partial charge in [-0.2, -0.15) is 0 Å². The number of amidine groups is 1. The molecule has 3 N–H and O–H groups in total. The Balaban J connectivity index is 2.00. The molecular formula is C16H23N5S. The normalized spacial score (nSPS) is 18.5. The van der Waals surface area contributed by atoms with Gasteiger partial charge in [0.15, 0.2) is 0 Å². The largest absolute Gasteiger partial charge is 0.353 e. The summed E-state index contributed by atoms with van der Waals surface area (Å²) in [4.78, 5) is 8.57. The van der Waals surface area contributed by atoms with Gasteiger partial charge in [-0.05, 0) is 25.8 Å². The number of thiophene rings is 1. The Morgan fingerprint density at radius 2 is 2.23 bits per heavy atom. The molecule has 118 valence electrons. The van der Waals surface area contributed by atoms with Crippen LogP contribution in [0.15, 0.2) is 35.6 Å². The van der Waals surface area contributed by atoms with Crippen LogP contribution in [0.3, 0.4) is 0 Å². The number of hydrogen-bond acceptors (Lipinski definition) is 6. The van der Waals surface area contributed by atoms with Crippen molar-refractivity contribution in [3.63, 3.8) is 0 Å². The molecule has 1 saturated heterocycles. The standard InChI is InChI=1S/C16H23N5S/c1-3-4-5-13-11-21(17)16-14(10-12(2)22-16)15(19-13)20-8-6-18-7-9-20/h3,10-11,18H,1,4-9,17H2,2H3. The molecule has 6 heteroatoms. The molecule has 0 radical (unpaired) electrons. The molecule has 1 fully saturated rings. The molecular weight excluding hydrogens is 294 g/mol. The fourth-order valence-electron chi connectivity index (χ4n) is 2.79. The average molecular weight is 317 g/mol. The lowest BCUT2D eigenvalue weighted by Crippen LogP contribution is -2.46. The molecule has 3 heterocycles. The highest BCUT2D eigenvalue weighted by Crippen LogP contribution is 2.34. The Bertz CT molecular complexity index is 610. The lowest BCUT2D eigenvalue weighted by molar-refractivity contribution is 0.358. The van der Waals surface area contributed by atoms with Crippen molar-refractivity contribution in [3.05, 3.63) is 41.1 Å². The molecule has 0 saturated carbocycles. The summed E-state index contributed by atoms with van der Waals surface area (Å²) in [6, 6.07) is 2.20. The minimum atomic E-state index is 0.862. The van der Waals surface area contributed by atoms with Crippen molar-refractivity contribution in [2.24, 2.45) is 10.8 Å². The van der Waals surface area contributed by atoms with Crippen LogP contribution in [0.4, 0.5) is 5.00 Å². The third-order valence-electron chi connectivity index (χ3n) is 3.87. The van der Waals surface area contributed by atoms with Crippen molar-refractivity contribution in [2.75, 3.05) is 31.2 Å². The molecule has 3 rings (SSSR count). The Morgan fingerprint density at radius 3 is 2.95 bits per heavy atom. The number of nitrogens with two attached hydrogens (primary N) is 1. The molecule has 1 aromatic heterocycles. The fraction of sp³-hybridized carbons (Fsp3) is 0.438. The zero-order valence-corrected chi connectivity index (χ0v) is 13.8. The Morgan fingerprint density at radius 1 is 1.45 bits per heavy atom. The lowest BCUT2D eigenvalue weighted by Gasteiger charge is -2.30. The van der Waals surface area contributed by atoms with Crippen LogP contribution in [-0.2, 0) is 0 Å². The quantitative estimate of drug-likeness (QED) is 0.663. The number of rotatable bonds is 3. The summed E-state index contributed by atoms with van der Waals surface area (Å²) in [5.41, 5.74) is 2.16. The van der Waals surface area contributed by atoms with Crippen molar-refractivity contribution in [1.82, 2.24) is 10.2 Å². The molecule has 0 aliphatic carbocycles. The van der Waals surface area contributed by atoms with Gasteiger partial charge < -0.3 is 10.2 Å². The Kier molecular flexibility index (Phi) is 4.61. The number of aryl methyl sites for hydroxylation is 1. The molecule has 0 spiro atoms. The van der Waals surface area contributed by atoms with Crippen LogP contribution in [0.2, 0.25) is 0 Å². The van der Waals surface area contributed by atoms with E-state index in [0.717, 1.165) is 61.1 Å². The second kappa shape index (κ2) is 6.64. The zero-order chi connectivity index (χ0) is 15.5. The fourth-order valence-corrected chi connectivity index (χ4v) is 3.69. The Labute approximate surface area is 135 Å². The van der Waals surface area contributed by atoms with Gasteiger partial charge in [0.05, 0.1) is 11.3 Å². The molecule has 1 aromatic rings. The van der Waals surface area contributed by atoms with Crippen LogP contribution < -0.4 is 16.2 Å². The van der Waals surface area contributed by atoms with Crippen molar-refractivity contribution >= 4 is 22.2 Å². The summed E-state index contributed by atoms with van der Waals surface area (Å²) >= 11 is 1.72. The molecule has 0 unspecified atom stereocenters. The maximum atomic E-state index is 6.25. The summed E-state index contributed by atoms with van der Waals surface area (Å²) in [5.74, 6) is 7.31. The molecule has 0 amide bonds. The zero-order valence-electron chi connectivity index (χ0n) is 13.0. The second-order valence-corrected chi connectivity index (χ2v) is 6.84. The minimum Gasteiger partial charge on any atom is -0.353 e. The second-order valence-electron chi connectivity index (χ2n) is 5.60. The first kappa shape index (κ1) is 15.3. The lowest BCUT2D eigenvalue weighted by atomic mass is 10.2. The third kappa shape index (κ3) is 3.09. The highest BCUT2D eigenvalue weighted by Gasteiger charge is 2.25. The van der Waals surface area contributed by atoms with Gasteiger partial charge in [-0.15, -0.1) is 17.9 Å². The van der Waals surface area contributed by atoms with E-state index in [0.29, 0.717) is 0 Å². The van der Waals surface area contributed by atoms with Gasteiger partial charge in [0.25, 0.3) is 0 Å². The number of hydrazine groups is 1. The summed E-state index contributed by atoms with van der Waals surface area (Å²) in [6.07, 6.45) is 5.64. The van der Waals surface area contributed by atoms with Gasteiger partial charge in [0.1, 0.15) is 10.8 Å². The molecule has 5 nitrogen and oxygen atoms in total. The van der Waals surface area contributed by atoms with E-state index in [1.165, 1.54) is 4.88 Å². The highest BCUT2D eigenvalue weighted by atomic mass is 32.1. The van der Waals surface area contributed by atoms with Crippen molar-refractivity contribution < 1.29 is 0 Å². The predicted octanol–water partition coefficient (Wildman–Crippen LogP) is 2.21. The first-order valence-electron chi connectivity index (χ1n) is 7.69. The summed E-state index contributed by atoms with van der Waals surface area (Å²) in [5, 5.41) is 6.19. The van der Waals surface area contributed by atoms with Crippen LogP contribution in [0.1, 0.15) is 23.3 Å². The molecule has 2 aliphatic rings. The van der Waals surface area contributed by atoms with Crippen LogP contribution in [0.5, 0.6) is 0 Å². The summed E-state index contributed by atoms with van der Waals surface area (Å²) in [6.45, 7) is 9.86. The molecule has 0 aromatic carbocycles. The maximum Gasteiger partial charge on any atom is 0.139 e. The smallest absolute Gasteiger partial charge is 0.139 e.